The fourth-order valence-electron chi connectivity index (χ4n) is 1.57. The van der Waals surface area contributed by atoms with Crippen molar-refractivity contribution in [1.82, 2.24) is 4.98 Å². The molecule has 0 amide bonds. The van der Waals surface area contributed by atoms with Crippen LogP contribution in [-0.2, 0) is 4.74 Å². The highest BCUT2D eigenvalue weighted by molar-refractivity contribution is 5.90. The Kier molecular flexibility index (Phi) is 3.35. The number of benzene rings is 1. The Bertz CT molecular complexity index is 612. The first-order chi connectivity index (χ1) is 8.74. The van der Waals surface area contributed by atoms with Gasteiger partial charge in [0.25, 0.3) is 0 Å². The second kappa shape index (κ2) is 5.11. The normalized spacial score (nSPS) is 9.56. The van der Waals surface area contributed by atoms with Gasteiger partial charge >= 0.3 is 5.97 Å². The maximum Gasteiger partial charge on any atom is 0.337 e. The Morgan fingerprint density at radius 1 is 1.28 bits per heavy atom. The summed E-state index contributed by atoms with van der Waals surface area (Å²) in [6, 6.07) is 12.5. The van der Waals surface area contributed by atoms with Crippen LogP contribution in [0.2, 0.25) is 0 Å². The minimum atomic E-state index is -0.376. The molecule has 0 spiro atoms. The number of esters is 1. The number of carbonyl (C=O) groups excluding carboxylic acids is 1. The lowest BCUT2D eigenvalue weighted by Crippen LogP contribution is -2.00. The van der Waals surface area contributed by atoms with Crippen molar-refractivity contribution in [2.24, 2.45) is 0 Å². The maximum atomic E-state index is 11.4. The highest BCUT2D eigenvalue weighted by Gasteiger charge is 2.06. The first-order valence-electron chi connectivity index (χ1n) is 5.29. The van der Waals surface area contributed by atoms with Gasteiger partial charge < -0.3 is 4.74 Å². The number of nitriles is 1. The zero-order valence-corrected chi connectivity index (χ0v) is 9.75. The average molecular weight is 238 g/mol. The van der Waals surface area contributed by atoms with Crippen molar-refractivity contribution in [3.63, 3.8) is 0 Å². The van der Waals surface area contributed by atoms with Gasteiger partial charge in [-0.15, -0.1) is 0 Å². The van der Waals surface area contributed by atoms with E-state index in [1.165, 1.54) is 7.11 Å². The molecular formula is C14H10N2O2. The summed E-state index contributed by atoms with van der Waals surface area (Å²) in [4.78, 5) is 15.4. The van der Waals surface area contributed by atoms with Gasteiger partial charge in [-0.25, -0.2) is 9.78 Å². The Morgan fingerprint density at radius 3 is 2.72 bits per heavy atom. The quantitative estimate of drug-likeness (QED) is 0.753. The minimum absolute atomic E-state index is 0.364. The Morgan fingerprint density at radius 2 is 2.11 bits per heavy atom. The van der Waals surface area contributed by atoms with Crippen molar-refractivity contribution in [2.75, 3.05) is 7.11 Å². The zero-order valence-electron chi connectivity index (χ0n) is 9.75. The highest BCUT2D eigenvalue weighted by atomic mass is 16.5. The molecule has 0 radical (unpaired) electrons. The van der Waals surface area contributed by atoms with E-state index in [1.54, 1.807) is 36.5 Å². The van der Waals surface area contributed by atoms with Crippen LogP contribution in [-0.4, -0.2) is 18.1 Å². The molecule has 2 aromatic rings. The number of hydrogen-bond acceptors (Lipinski definition) is 4. The highest BCUT2D eigenvalue weighted by Crippen LogP contribution is 2.20. The maximum absolute atomic E-state index is 11.4. The van der Waals surface area contributed by atoms with Crippen LogP contribution in [0.3, 0.4) is 0 Å². The van der Waals surface area contributed by atoms with Crippen LogP contribution < -0.4 is 0 Å². The van der Waals surface area contributed by atoms with Crippen LogP contribution in [0.4, 0.5) is 0 Å². The van der Waals surface area contributed by atoms with E-state index in [-0.39, 0.29) is 5.97 Å². The van der Waals surface area contributed by atoms with E-state index in [4.69, 9.17) is 5.26 Å². The van der Waals surface area contributed by atoms with Crippen LogP contribution in [0, 0.1) is 11.3 Å². The Balaban J connectivity index is 2.38. The van der Waals surface area contributed by atoms with Crippen molar-refractivity contribution in [3.8, 4) is 17.2 Å². The van der Waals surface area contributed by atoms with Crippen molar-refractivity contribution >= 4 is 5.97 Å². The summed E-state index contributed by atoms with van der Waals surface area (Å²) in [6.07, 6.45) is 1.61. The summed E-state index contributed by atoms with van der Waals surface area (Å²) in [5.41, 5.74) is 2.55. The molecule has 4 nitrogen and oxygen atoms in total. The van der Waals surface area contributed by atoms with Crippen LogP contribution in [0.5, 0.6) is 0 Å². The molecule has 0 aliphatic rings. The summed E-state index contributed by atoms with van der Waals surface area (Å²) in [7, 11) is 1.35. The third kappa shape index (κ3) is 2.36. The molecule has 0 atom stereocenters. The first-order valence-corrected chi connectivity index (χ1v) is 5.29. The number of hydrogen-bond donors (Lipinski definition) is 0. The molecule has 4 heteroatoms. The molecule has 0 aliphatic carbocycles. The molecule has 0 unspecified atom stereocenters. The summed E-state index contributed by atoms with van der Waals surface area (Å²) in [5, 5.41) is 8.67. The Labute approximate surface area is 104 Å². The molecule has 1 heterocycles. The number of carbonyl (C=O) groups is 1. The third-order valence-electron chi connectivity index (χ3n) is 2.50. The van der Waals surface area contributed by atoms with E-state index in [2.05, 4.69) is 9.72 Å². The number of nitrogens with zero attached hydrogens (tertiary/aromatic N) is 2. The number of pyridine rings is 1. The standard InChI is InChI=1S/C14H10N2O2/c1-18-14(17)11-4-2-3-10(7-11)12-5-6-13(8-15)16-9-12/h2-7,9H,1H3. The minimum Gasteiger partial charge on any atom is -0.465 e. The van der Waals surface area contributed by atoms with Gasteiger partial charge in [-0.2, -0.15) is 5.26 Å². The lowest BCUT2D eigenvalue weighted by Gasteiger charge is -2.04. The van der Waals surface area contributed by atoms with Crippen molar-refractivity contribution in [2.45, 2.75) is 0 Å². The molecule has 0 N–H and O–H groups in total. The molecule has 88 valence electrons. The summed E-state index contributed by atoms with van der Waals surface area (Å²) >= 11 is 0. The number of aromatic nitrogens is 1. The van der Waals surface area contributed by atoms with E-state index in [0.717, 1.165) is 11.1 Å². The van der Waals surface area contributed by atoms with E-state index < -0.39 is 0 Å². The predicted octanol–water partition coefficient (Wildman–Crippen LogP) is 2.41. The van der Waals surface area contributed by atoms with Gasteiger partial charge in [0.15, 0.2) is 0 Å². The molecule has 0 bridgehead atoms. The number of ether oxygens (including phenoxy) is 1. The number of rotatable bonds is 2. The van der Waals surface area contributed by atoms with E-state index in [1.807, 2.05) is 12.1 Å². The first kappa shape index (κ1) is 11.8. The lowest BCUT2D eigenvalue weighted by atomic mass is 10.0. The monoisotopic (exact) mass is 238 g/mol. The SMILES string of the molecule is COC(=O)c1cccc(-c2ccc(C#N)nc2)c1. The van der Waals surface area contributed by atoms with E-state index in [0.29, 0.717) is 11.3 Å². The van der Waals surface area contributed by atoms with E-state index >= 15 is 0 Å². The van der Waals surface area contributed by atoms with Crippen LogP contribution in [0.15, 0.2) is 42.6 Å². The Hall–Kier alpha value is -2.67. The second-order valence-corrected chi connectivity index (χ2v) is 3.62. The van der Waals surface area contributed by atoms with Crippen molar-refractivity contribution < 1.29 is 9.53 Å². The molecule has 0 saturated heterocycles. The summed E-state index contributed by atoms with van der Waals surface area (Å²) in [5.74, 6) is -0.376. The van der Waals surface area contributed by atoms with Crippen LogP contribution in [0.25, 0.3) is 11.1 Å². The summed E-state index contributed by atoms with van der Waals surface area (Å²) in [6.45, 7) is 0. The van der Waals surface area contributed by atoms with Gasteiger partial charge in [-0.3, -0.25) is 0 Å². The molecule has 0 saturated carbocycles. The molecule has 0 aliphatic heterocycles. The fraction of sp³-hybridized carbons (Fsp3) is 0.0714. The van der Waals surface area contributed by atoms with Gasteiger partial charge in [0.1, 0.15) is 11.8 Å². The lowest BCUT2D eigenvalue weighted by molar-refractivity contribution is 0.0601. The van der Waals surface area contributed by atoms with Gasteiger partial charge in [0.2, 0.25) is 0 Å². The molecular weight excluding hydrogens is 228 g/mol. The molecule has 2 rings (SSSR count). The predicted molar refractivity (Wildman–Crippen MR) is 65.7 cm³/mol. The fourth-order valence-corrected chi connectivity index (χ4v) is 1.57. The van der Waals surface area contributed by atoms with E-state index in [9.17, 15) is 4.79 Å². The topological polar surface area (TPSA) is 63.0 Å². The van der Waals surface area contributed by atoms with Crippen molar-refractivity contribution in [1.29, 1.82) is 5.26 Å². The summed E-state index contributed by atoms with van der Waals surface area (Å²) < 4.78 is 4.67. The van der Waals surface area contributed by atoms with Gasteiger partial charge in [0.05, 0.1) is 12.7 Å². The van der Waals surface area contributed by atoms with Gasteiger partial charge in [-0.1, -0.05) is 12.1 Å². The van der Waals surface area contributed by atoms with Gasteiger partial charge in [0, 0.05) is 11.8 Å². The van der Waals surface area contributed by atoms with Gasteiger partial charge in [-0.05, 0) is 29.8 Å². The zero-order chi connectivity index (χ0) is 13.0. The molecule has 18 heavy (non-hydrogen) atoms. The molecule has 0 fully saturated rings. The molecule has 1 aromatic heterocycles. The number of methoxy groups -OCH3 is 1. The second-order valence-electron chi connectivity index (χ2n) is 3.62. The smallest absolute Gasteiger partial charge is 0.337 e. The third-order valence-corrected chi connectivity index (χ3v) is 2.50. The van der Waals surface area contributed by atoms with Crippen LogP contribution in [0.1, 0.15) is 16.1 Å². The largest absolute Gasteiger partial charge is 0.465 e. The average Bonchev–Trinajstić information content (AvgIpc) is 2.46. The van der Waals surface area contributed by atoms with Crippen LogP contribution >= 0.6 is 0 Å². The molecule has 1 aromatic carbocycles. The van der Waals surface area contributed by atoms with Crippen molar-refractivity contribution in [3.05, 3.63) is 53.9 Å².